The van der Waals surface area contributed by atoms with Crippen molar-refractivity contribution in [3.05, 3.63) is 35.4 Å². The van der Waals surface area contributed by atoms with Crippen molar-refractivity contribution in [3.8, 4) is 0 Å². The number of hydrogen-bond acceptors (Lipinski definition) is 4. The summed E-state index contributed by atoms with van der Waals surface area (Å²) in [5.74, 6) is 0.399. The first-order chi connectivity index (χ1) is 11.9. The molecule has 0 spiro atoms. The summed E-state index contributed by atoms with van der Waals surface area (Å²) < 4.78 is 0. The van der Waals surface area contributed by atoms with E-state index in [9.17, 15) is 9.59 Å². The van der Waals surface area contributed by atoms with Gasteiger partial charge in [0.05, 0.1) is 0 Å². The molecule has 0 unspecified atom stereocenters. The summed E-state index contributed by atoms with van der Waals surface area (Å²) in [6.07, 6.45) is 0. The number of likely N-dealkylation sites (tertiary alicyclic amines) is 1. The highest BCUT2D eigenvalue weighted by Gasteiger charge is 2.35. The Labute approximate surface area is 149 Å². The van der Waals surface area contributed by atoms with Crippen LogP contribution in [0.4, 0.5) is 0 Å². The molecule has 136 valence electrons. The molecule has 6 nitrogen and oxygen atoms in total. The van der Waals surface area contributed by atoms with E-state index >= 15 is 0 Å². The lowest BCUT2D eigenvalue weighted by Gasteiger charge is -2.39. The van der Waals surface area contributed by atoms with Crippen LogP contribution < -0.4 is 5.73 Å². The van der Waals surface area contributed by atoms with E-state index in [1.165, 1.54) is 0 Å². The summed E-state index contributed by atoms with van der Waals surface area (Å²) >= 11 is 0. The molecule has 0 radical (unpaired) electrons. The number of carbonyl (C=O) groups is 2. The van der Waals surface area contributed by atoms with Crippen LogP contribution in [0.2, 0.25) is 0 Å². The highest BCUT2D eigenvalue weighted by molar-refractivity contribution is 5.92. The number of piperazine rings is 1. The van der Waals surface area contributed by atoms with Crippen molar-refractivity contribution in [1.82, 2.24) is 14.7 Å². The molecule has 2 amide bonds. The van der Waals surface area contributed by atoms with Crippen LogP contribution in [0.3, 0.4) is 0 Å². The summed E-state index contributed by atoms with van der Waals surface area (Å²) in [5.41, 5.74) is 7.08. The molecule has 2 atom stereocenters. The van der Waals surface area contributed by atoms with Gasteiger partial charge in [0.15, 0.2) is 0 Å². The zero-order chi connectivity index (χ0) is 18.0. The highest BCUT2D eigenvalue weighted by atomic mass is 16.2. The molecule has 6 heteroatoms. The Morgan fingerprint density at radius 1 is 1.16 bits per heavy atom. The second-order valence-electron chi connectivity index (χ2n) is 7.35. The van der Waals surface area contributed by atoms with Crippen LogP contribution in [-0.4, -0.2) is 71.8 Å². The second-order valence-corrected chi connectivity index (χ2v) is 7.35. The normalized spacial score (nSPS) is 25.3. The molecule has 0 aromatic heterocycles. The number of hydrogen-bond donors (Lipinski definition) is 1. The van der Waals surface area contributed by atoms with Gasteiger partial charge in [-0.3, -0.25) is 19.4 Å². The Morgan fingerprint density at radius 2 is 1.88 bits per heavy atom. The zero-order valence-corrected chi connectivity index (χ0v) is 15.1. The van der Waals surface area contributed by atoms with Gasteiger partial charge in [-0.2, -0.15) is 0 Å². The minimum atomic E-state index is -0.377. The van der Waals surface area contributed by atoms with Gasteiger partial charge in [0.1, 0.15) is 0 Å². The summed E-state index contributed by atoms with van der Waals surface area (Å²) in [5, 5.41) is 0. The fourth-order valence-electron chi connectivity index (χ4n) is 4.10. The van der Waals surface area contributed by atoms with Crippen LogP contribution in [0, 0.1) is 5.92 Å². The van der Waals surface area contributed by atoms with E-state index in [1.54, 1.807) is 13.0 Å². The highest BCUT2D eigenvalue weighted by Crippen LogP contribution is 2.24. The lowest BCUT2D eigenvalue weighted by molar-refractivity contribution is -0.130. The van der Waals surface area contributed by atoms with Crippen molar-refractivity contribution < 1.29 is 9.59 Å². The molecule has 0 bridgehead atoms. The minimum Gasteiger partial charge on any atom is -0.366 e. The van der Waals surface area contributed by atoms with Crippen LogP contribution in [0.15, 0.2) is 24.3 Å². The largest absolute Gasteiger partial charge is 0.366 e. The van der Waals surface area contributed by atoms with Gasteiger partial charge in [-0.25, -0.2) is 0 Å². The molecule has 3 rings (SSSR count). The van der Waals surface area contributed by atoms with Crippen LogP contribution >= 0.6 is 0 Å². The summed E-state index contributed by atoms with van der Waals surface area (Å²) in [6.45, 7) is 10.5. The SMILES string of the molecule is CC(=O)N1CCN([C@H]2CN(Cc3cccc(C(N)=O)c3)C[C@H]2C)CC1. The lowest BCUT2D eigenvalue weighted by Crippen LogP contribution is -2.53. The Kier molecular flexibility index (Phi) is 5.39. The first kappa shape index (κ1) is 17.9. The van der Waals surface area contributed by atoms with E-state index in [-0.39, 0.29) is 11.8 Å². The maximum atomic E-state index is 11.5. The quantitative estimate of drug-likeness (QED) is 0.876. The molecule has 2 aliphatic rings. The van der Waals surface area contributed by atoms with Crippen molar-refractivity contribution >= 4 is 11.8 Å². The third-order valence-electron chi connectivity index (χ3n) is 5.49. The van der Waals surface area contributed by atoms with E-state index in [2.05, 4.69) is 22.8 Å². The third-order valence-corrected chi connectivity index (χ3v) is 5.49. The first-order valence-corrected chi connectivity index (χ1v) is 9.04. The molecule has 25 heavy (non-hydrogen) atoms. The maximum absolute atomic E-state index is 11.5. The Morgan fingerprint density at radius 3 is 2.52 bits per heavy atom. The van der Waals surface area contributed by atoms with Crippen molar-refractivity contribution in [3.63, 3.8) is 0 Å². The lowest BCUT2D eigenvalue weighted by atomic mass is 10.0. The summed E-state index contributed by atoms with van der Waals surface area (Å²) in [6, 6.07) is 8.14. The number of rotatable bonds is 4. The van der Waals surface area contributed by atoms with Gasteiger partial charge in [-0.05, 0) is 23.6 Å². The number of carbonyl (C=O) groups excluding carboxylic acids is 2. The molecular weight excluding hydrogens is 316 g/mol. The van der Waals surface area contributed by atoms with Crippen molar-refractivity contribution in [2.24, 2.45) is 11.7 Å². The predicted molar refractivity (Wildman–Crippen MR) is 97.0 cm³/mol. The smallest absolute Gasteiger partial charge is 0.248 e. The molecule has 1 aromatic carbocycles. The van der Waals surface area contributed by atoms with Crippen molar-refractivity contribution in [1.29, 1.82) is 0 Å². The summed E-state index contributed by atoms with van der Waals surface area (Å²) in [4.78, 5) is 29.8. The van der Waals surface area contributed by atoms with Crippen LogP contribution in [-0.2, 0) is 11.3 Å². The van der Waals surface area contributed by atoms with E-state index in [4.69, 9.17) is 5.73 Å². The molecule has 0 aliphatic carbocycles. The molecule has 0 saturated carbocycles. The van der Waals surface area contributed by atoms with Gasteiger partial charge in [0.25, 0.3) is 0 Å². The number of benzene rings is 1. The van der Waals surface area contributed by atoms with Gasteiger partial charge < -0.3 is 10.6 Å². The Hall–Kier alpha value is -1.92. The standard InChI is InChI=1S/C19H28N4O2/c1-14-11-21(12-16-4-3-5-17(10-16)19(20)25)13-18(14)23-8-6-22(7-9-23)15(2)24/h3-5,10,14,18H,6-9,11-13H2,1-2H3,(H2,20,25)/t14-,18+/m1/s1. The Balaban J connectivity index is 1.57. The molecule has 2 saturated heterocycles. The average Bonchev–Trinajstić information content (AvgIpc) is 2.95. The molecule has 2 heterocycles. The number of amides is 2. The van der Waals surface area contributed by atoms with Crippen LogP contribution in [0.25, 0.3) is 0 Å². The van der Waals surface area contributed by atoms with Gasteiger partial charge in [-0.1, -0.05) is 19.1 Å². The number of primary amides is 1. The molecule has 2 N–H and O–H groups in total. The van der Waals surface area contributed by atoms with Crippen molar-refractivity contribution in [2.75, 3.05) is 39.3 Å². The molecule has 2 aliphatic heterocycles. The van der Waals surface area contributed by atoms with Crippen LogP contribution in [0.5, 0.6) is 0 Å². The maximum Gasteiger partial charge on any atom is 0.248 e. The number of nitrogens with two attached hydrogens (primary N) is 1. The minimum absolute atomic E-state index is 0.176. The van der Waals surface area contributed by atoms with E-state index in [0.29, 0.717) is 17.5 Å². The van der Waals surface area contributed by atoms with Gasteiger partial charge in [0, 0.05) is 64.3 Å². The van der Waals surface area contributed by atoms with E-state index < -0.39 is 0 Å². The summed E-state index contributed by atoms with van der Waals surface area (Å²) in [7, 11) is 0. The van der Waals surface area contributed by atoms with Gasteiger partial charge in [0.2, 0.25) is 11.8 Å². The molecular formula is C19H28N4O2. The average molecular weight is 344 g/mol. The van der Waals surface area contributed by atoms with Gasteiger partial charge >= 0.3 is 0 Å². The topological polar surface area (TPSA) is 69.9 Å². The van der Waals surface area contributed by atoms with Gasteiger partial charge in [-0.15, -0.1) is 0 Å². The fourth-order valence-corrected chi connectivity index (χ4v) is 4.10. The number of nitrogens with zero attached hydrogens (tertiary/aromatic N) is 3. The van der Waals surface area contributed by atoms with Crippen LogP contribution in [0.1, 0.15) is 29.8 Å². The molecule has 1 aromatic rings. The van der Waals surface area contributed by atoms with E-state index in [1.807, 2.05) is 17.0 Å². The third kappa shape index (κ3) is 4.19. The predicted octanol–water partition coefficient (Wildman–Crippen LogP) is 0.770. The Bertz CT molecular complexity index is 640. The zero-order valence-electron chi connectivity index (χ0n) is 15.1. The molecule has 2 fully saturated rings. The van der Waals surface area contributed by atoms with E-state index in [0.717, 1.165) is 51.4 Å². The second kappa shape index (κ2) is 7.54. The monoisotopic (exact) mass is 344 g/mol. The van der Waals surface area contributed by atoms with Crippen molar-refractivity contribution in [2.45, 2.75) is 26.4 Å². The fraction of sp³-hybridized carbons (Fsp3) is 0.579. The first-order valence-electron chi connectivity index (χ1n) is 9.04.